The fraction of sp³-hybridized carbons (Fsp3) is 0.500. The Morgan fingerprint density at radius 1 is 1.07 bits per heavy atom. The third-order valence-electron chi connectivity index (χ3n) is 6.62. The van der Waals surface area contributed by atoms with Crippen molar-refractivity contribution in [3.05, 3.63) is 59.3 Å². The highest BCUT2D eigenvalue weighted by Crippen LogP contribution is 2.37. The van der Waals surface area contributed by atoms with Gasteiger partial charge >= 0.3 is 0 Å². The molecule has 158 valence electrons. The number of rotatable bonds is 4. The van der Waals surface area contributed by atoms with E-state index in [0.29, 0.717) is 6.54 Å². The van der Waals surface area contributed by atoms with Crippen LogP contribution in [0.25, 0.3) is 0 Å². The average Bonchev–Trinajstić information content (AvgIpc) is 2.74. The number of hydrogen-bond acceptors (Lipinski definition) is 5. The summed E-state index contributed by atoms with van der Waals surface area (Å²) in [5.74, 6) is 1.19. The van der Waals surface area contributed by atoms with E-state index in [0.717, 1.165) is 70.4 Å². The molecule has 0 spiro atoms. The quantitative estimate of drug-likeness (QED) is 0.781. The van der Waals surface area contributed by atoms with Gasteiger partial charge in [0.25, 0.3) is 0 Å². The number of ether oxygens (including phenoxy) is 1. The van der Waals surface area contributed by atoms with Crippen molar-refractivity contribution in [3.63, 3.8) is 0 Å². The van der Waals surface area contributed by atoms with Gasteiger partial charge in [-0.05, 0) is 30.5 Å². The minimum Gasteiger partial charge on any atom is -0.378 e. The number of carbonyl (C=O) groups is 1. The van der Waals surface area contributed by atoms with Gasteiger partial charge in [0, 0.05) is 45.8 Å². The van der Waals surface area contributed by atoms with E-state index >= 15 is 0 Å². The Bertz CT molecular complexity index is 909. The number of carbonyl (C=O) groups excluding carboxylic acids is 1. The van der Waals surface area contributed by atoms with Gasteiger partial charge in [-0.15, -0.1) is 0 Å². The summed E-state index contributed by atoms with van der Waals surface area (Å²) in [5.41, 5.74) is 2.79. The second-order valence-corrected chi connectivity index (χ2v) is 8.89. The van der Waals surface area contributed by atoms with Gasteiger partial charge < -0.3 is 14.5 Å². The monoisotopic (exact) mass is 406 g/mol. The number of fused-ring (bicyclic) bond motifs is 1. The molecule has 1 atom stereocenters. The zero-order chi connectivity index (χ0) is 20.6. The largest absolute Gasteiger partial charge is 0.378 e. The lowest BCUT2D eigenvalue weighted by Crippen LogP contribution is -2.57. The summed E-state index contributed by atoms with van der Waals surface area (Å²) in [7, 11) is 0. The molecule has 2 aromatic rings. The summed E-state index contributed by atoms with van der Waals surface area (Å²) in [6, 6.07) is 14.8. The van der Waals surface area contributed by atoms with E-state index < -0.39 is 5.41 Å². The summed E-state index contributed by atoms with van der Waals surface area (Å²) >= 11 is 0. The molecule has 1 aromatic carbocycles. The topological polar surface area (TPSA) is 48.9 Å². The van der Waals surface area contributed by atoms with Crippen molar-refractivity contribution in [2.24, 2.45) is 0 Å². The van der Waals surface area contributed by atoms with Crippen molar-refractivity contribution in [2.75, 3.05) is 50.8 Å². The van der Waals surface area contributed by atoms with Crippen LogP contribution in [0.2, 0.25) is 0 Å². The first-order chi connectivity index (χ1) is 14.6. The molecule has 3 aliphatic heterocycles. The number of hydrogen-bond donors (Lipinski definition) is 0. The normalized spacial score (nSPS) is 24.3. The Morgan fingerprint density at radius 3 is 2.53 bits per heavy atom. The standard InChI is InChI=1S/C24H30N4O2/c1-24(23(29)28-10-5-11-28)18-26(16-19-6-3-2-4-7-19)17-20-8-9-21(25-22(20)24)27-12-14-30-15-13-27/h2-4,6-9H,5,10-18H2,1H3. The van der Waals surface area contributed by atoms with Gasteiger partial charge in [0.05, 0.1) is 18.9 Å². The molecule has 1 unspecified atom stereocenters. The predicted octanol–water partition coefficient (Wildman–Crippen LogP) is 2.42. The van der Waals surface area contributed by atoms with Gasteiger partial charge in [-0.2, -0.15) is 0 Å². The Hall–Kier alpha value is -2.44. The summed E-state index contributed by atoms with van der Waals surface area (Å²) in [5, 5.41) is 0. The molecule has 0 bridgehead atoms. The average molecular weight is 407 g/mol. The smallest absolute Gasteiger partial charge is 0.235 e. The van der Waals surface area contributed by atoms with Crippen molar-refractivity contribution < 1.29 is 9.53 Å². The van der Waals surface area contributed by atoms with Gasteiger partial charge in [-0.3, -0.25) is 9.69 Å². The Labute approximate surface area is 178 Å². The van der Waals surface area contributed by atoms with E-state index in [1.807, 2.05) is 11.0 Å². The van der Waals surface area contributed by atoms with Crippen LogP contribution < -0.4 is 4.90 Å². The molecule has 6 nitrogen and oxygen atoms in total. The zero-order valence-corrected chi connectivity index (χ0v) is 17.7. The molecule has 0 saturated carbocycles. The Kier molecular flexibility index (Phi) is 5.21. The lowest BCUT2D eigenvalue weighted by Gasteiger charge is -2.45. The third-order valence-corrected chi connectivity index (χ3v) is 6.62. The van der Waals surface area contributed by atoms with E-state index in [2.05, 4.69) is 53.1 Å². The highest BCUT2D eigenvalue weighted by Gasteiger charge is 2.46. The number of anilines is 1. The molecule has 4 heterocycles. The van der Waals surface area contributed by atoms with E-state index in [9.17, 15) is 4.79 Å². The first-order valence-electron chi connectivity index (χ1n) is 11.0. The van der Waals surface area contributed by atoms with Crippen LogP contribution in [0.5, 0.6) is 0 Å². The van der Waals surface area contributed by atoms with Gasteiger partial charge in [-0.25, -0.2) is 4.98 Å². The molecule has 1 amide bonds. The second-order valence-electron chi connectivity index (χ2n) is 8.89. The lowest BCUT2D eigenvalue weighted by atomic mass is 9.78. The molecule has 0 N–H and O–H groups in total. The molecular weight excluding hydrogens is 376 g/mol. The Morgan fingerprint density at radius 2 is 1.83 bits per heavy atom. The number of morpholine rings is 1. The van der Waals surface area contributed by atoms with Crippen LogP contribution in [-0.2, 0) is 28.0 Å². The first-order valence-corrected chi connectivity index (χ1v) is 11.0. The maximum Gasteiger partial charge on any atom is 0.235 e. The molecule has 0 aliphatic carbocycles. The molecule has 6 heteroatoms. The molecule has 2 fully saturated rings. The number of amides is 1. The molecule has 1 aromatic heterocycles. The van der Waals surface area contributed by atoms with Crippen molar-refractivity contribution in [1.29, 1.82) is 0 Å². The van der Waals surface area contributed by atoms with Gasteiger partial charge in [0.2, 0.25) is 5.91 Å². The number of nitrogens with zero attached hydrogens (tertiary/aromatic N) is 4. The summed E-state index contributed by atoms with van der Waals surface area (Å²) in [6.07, 6.45) is 1.10. The second kappa shape index (κ2) is 8.00. The first kappa shape index (κ1) is 19.5. The fourth-order valence-electron chi connectivity index (χ4n) is 4.86. The van der Waals surface area contributed by atoms with Crippen LogP contribution >= 0.6 is 0 Å². The highest BCUT2D eigenvalue weighted by molar-refractivity contribution is 5.89. The SMILES string of the molecule is CC1(C(=O)N2CCC2)CN(Cc2ccccc2)Cc2ccc(N3CCOCC3)nc21. The van der Waals surface area contributed by atoms with Crippen LogP contribution in [0.4, 0.5) is 5.82 Å². The van der Waals surface area contributed by atoms with E-state index in [1.165, 1.54) is 11.1 Å². The van der Waals surface area contributed by atoms with Crippen molar-refractivity contribution in [2.45, 2.75) is 31.8 Å². The minimum absolute atomic E-state index is 0.222. The van der Waals surface area contributed by atoms with Gasteiger partial charge in [0.1, 0.15) is 11.2 Å². The maximum atomic E-state index is 13.6. The van der Waals surface area contributed by atoms with Crippen molar-refractivity contribution in [1.82, 2.24) is 14.8 Å². The fourth-order valence-corrected chi connectivity index (χ4v) is 4.86. The van der Waals surface area contributed by atoms with Crippen LogP contribution in [0.3, 0.4) is 0 Å². The van der Waals surface area contributed by atoms with Crippen LogP contribution in [-0.4, -0.2) is 66.6 Å². The van der Waals surface area contributed by atoms with Crippen LogP contribution in [0.15, 0.2) is 42.5 Å². The summed E-state index contributed by atoms with van der Waals surface area (Å²) < 4.78 is 5.50. The molecule has 2 saturated heterocycles. The van der Waals surface area contributed by atoms with Gasteiger partial charge in [0.15, 0.2) is 0 Å². The molecular formula is C24H30N4O2. The number of pyridine rings is 1. The van der Waals surface area contributed by atoms with E-state index in [1.54, 1.807) is 0 Å². The Balaban J connectivity index is 1.49. The third kappa shape index (κ3) is 3.59. The molecule has 5 rings (SSSR count). The number of likely N-dealkylation sites (tertiary alicyclic amines) is 1. The lowest BCUT2D eigenvalue weighted by molar-refractivity contribution is -0.142. The van der Waals surface area contributed by atoms with E-state index in [4.69, 9.17) is 9.72 Å². The van der Waals surface area contributed by atoms with Crippen LogP contribution in [0, 0.1) is 0 Å². The van der Waals surface area contributed by atoms with E-state index in [-0.39, 0.29) is 5.91 Å². The summed E-state index contributed by atoms with van der Waals surface area (Å²) in [6.45, 7) is 9.35. The van der Waals surface area contributed by atoms with Crippen molar-refractivity contribution >= 4 is 11.7 Å². The molecule has 0 radical (unpaired) electrons. The number of benzene rings is 1. The predicted molar refractivity (Wildman–Crippen MR) is 116 cm³/mol. The molecule has 30 heavy (non-hydrogen) atoms. The van der Waals surface area contributed by atoms with Crippen LogP contribution in [0.1, 0.15) is 30.2 Å². The van der Waals surface area contributed by atoms with Crippen molar-refractivity contribution in [3.8, 4) is 0 Å². The summed E-state index contributed by atoms with van der Waals surface area (Å²) in [4.78, 5) is 25.3. The minimum atomic E-state index is -0.620. The maximum absolute atomic E-state index is 13.6. The van der Waals surface area contributed by atoms with Gasteiger partial charge in [-0.1, -0.05) is 36.4 Å². The zero-order valence-electron chi connectivity index (χ0n) is 17.7. The molecule has 3 aliphatic rings. The highest BCUT2D eigenvalue weighted by atomic mass is 16.5. The number of aromatic nitrogens is 1.